The Morgan fingerprint density at radius 2 is 1.97 bits per heavy atom. The van der Waals surface area contributed by atoms with Crippen molar-refractivity contribution in [3.63, 3.8) is 0 Å². The second-order valence-corrected chi connectivity index (χ2v) is 7.86. The van der Waals surface area contributed by atoms with E-state index in [4.69, 9.17) is 19.5 Å². The van der Waals surface area contributed by atoms with Crippen LogP contribution < -0.4 is 15.4 Å². The summed E-state index contributed by atoms with van der Waals surface area (Å²) in [5, 5.41) is 36.9. The van der Waals surface area contributed by atoms with Crippen molar-refractivity contribution in [2.75, 3.05) is 19.5 Å². The molecule has 0 unspecified atom stereocenters. The molecule has 0 saturated heterocycles. The van der Waals surface area contributed by atoms with Gasteiger partial charge in [-0.25, -0.2) is 0 Å². The van der Waals surface area contributed by atoms with Crippen LogP contribution in [-0.4, -0.2) is 48.2 Å². The first-order valence-corrected chi connectivity index (χ1v) is 10.3. The Hall–Kier alpha value is -3.93. The smallest absolute Gasteiger partial charge is 0.418 e. The molecule has 0 radical (unpaired) electrons. The number of rotatable bonds is 6. The molecule has 0 bridgehead atoms. The minimum atomic E-state index is -4.71. The summed E-state index contributed by atoms with van der Waals surface area (Å²) in [6.45, 7) is 1.46. The zero-order chi connectivity index (χ0) is 26.7. The number of guanidine groups is 1. The molecule has 1 aliphatic rings. The van der Waals surface area contributed by atoms with Crippen LogP contribution in [0.15, 0.2) is 47.5 Å². The number of ether oxygens (including phenoxy) is 3. The van der Waals surface area contributed by atoms with E-state index in [1.165, 1.54) is 51.6 Å². The zero-order valence-electron chi connectivity index (χ0n) is 19.2. The number of aliphatic imine (C=N–C) groups is 1. The molecule has 2 aromatic carbocycles. The Kier molecular flexibility index (Phi) is 7.68. The van der Waals surface area contributed by atoms with Crippen molar-refractivity contribution in [1.29, 1.82) is 5.26 Å². The van der Waals surface area contributed by atoms with Gasteiger partial charge in [-0.15, -0.1) is 4.99 Å². The van der Waals surface area contributed by atoms with Crippen LogP contribution in [0.1, 0.15) is 24.1 Å². The number of nitro benzene ring substituents is 1. The number of nitro groups is 1. The largest absolute Gasteiger partial charge is 0.479 e. The number of anilines is 1. The first-order valence-electron chi connectivity index (χ1n) is 10.3. The number of non-ortho nitro benzene ring substituents is 1. The highest BCUT2D eigenvalue weighted by Crippen LogP contribution is 2.43. The SMILES string of the molecule is COC(OC)[C@@]1(C)Oc2ccc([N+](=O)[O-])cc2[C@@H](NC(=NC#N)Nc2ccccc2C(F)(F)F)[C@@H]1O. The Bertz CT molecular complexity index is 1200. The van der Waals surface area contributed by atoms with Crippen molar-refractivity contribution < 1.29 is 37.4 Å². The molecule has 3 N–H and O–H groups in total. The summed E-state index contributed by atoms with van der Waals surface area (Å²) in [6.07, 6.45) is -5.92. The Morgan fingerprint density at radius 1 is 1.31 bits per heavy atom. The van der Waals surface area contributed by atoms with Crippen molar-refractivity contribution in [2.45, 2.75) is 37.1 Å². The fourth-order valence-electron chi connectivity index (χ4n) is 3.95. The topological polar surface area (TPSA) is 151 Å². The van der Waals surface area contributed by atoms with Gasteiger partial charge in [0.25, 0.3) is 5.69 Å². The summed E-state index contributed by atoms with van der Waals surface area (Å²) in [5.74, 6) is -0.344. The number of benzene rings is 2. The molecular formula is C22H22F3N5O6. The second-order valence-electron chi connectivity index (χ2n) is 7.86. The average molecular weight is 509 g/mol. The molecule has 2 aromatic rings. The zero-order valence-corrected chi connectivity index (χ0v) is 19.2. The molecule has 0 aromatic heterocycles. The number of fused-ring (bicyclic) bond motifs is 1. The van der Waals surface area contributed by atoms with Crippen LogP contribution in [0.25, 0.3) is 0 Å². The minimum Gasteiger partial charge on any atom is -0.479 e. The van der Waals surface area contributed by atoms with Crippen molar-refractivity contribution in [3.8, 4) is 11.9 Å². The van der Waals surface area contributed by atoms with Crippen LogP contribution in [-0.2, 0) is 15.7 Å². The number of nitriles is 1. The molecule has 36 heavy (non-hydrogen) atoms. The van der Waals surface area contributed by atoms with Crippen LogP contribution >= 0.6 is 0 Å². The van der Waals surface area contributed by atoms with E-state index in [-0.39, 0.29) is 17.0 Å². The van der Waals surface area contributed by atoms with Crippen molar-refractivity contribution in [2.24, 2.45) is 4.99 Å². The van der Waals surface area contributed by atoms with E-state index in [9.17, 15) is 28.4 Å². The van der Waals surface area contributed by atoms with Crippen molar-refractivity contribution >= 4 is 17.3 Å². The fourth-order valence-corrected chi connectivity index (χ4v) is 3.95. The van der Waals surface area contributed by atoms with E-state index in [1.807, 2.05) is 0 Å². The Balaban J connectivity index is 2.09. The molecule has 0 spiro atoms. The van der Waals surface area contributed by atoms with Crippen LogP contribution in [0, 0.1) is 21.6 Å². The molecule has 1 aliphatic heterocycles. The lowest BCUT2D eigenvalue weighted by molar-refractivity contribution is -0.385. The van der Waals surface area contributed by atoms with Crippen LogP contribution in [0.4, 0.5) is 24.5 Å². The maximum Gasteiger partial charge on any atom is 0.418 e. The fraction of sp³-hybridized carbons (Fsp3) is 0.364. The van der Waals surface area contributed by atoms with Crippen LogP contribution in [0.2, 0.25) is 0 Å². The maximum absolute atomic E-state index is 13.5. The highest BCUT2D eigenvalue weighted by Gasteiger charge is 2.53. The quantitative estimate of drug-likeness (QED) is 0.133. The predicted molar refractivity (Wildman–Crippen MR) is 120 cm³/mol. The van der Waals surface area contributed by atoms with Gasteiger partial charge in [-0.2, -0.15) is 18.4 Å². The number of methoxy groups -OCH3 is 2. The third-order valence-electron chi connectivity index (χ3n) is 5.61. The molecule has 0 saturated carbocycles. The monoisotopic (exact) mass is 509 g/mol. The van der Waals surface area contributed by atoms with Gasteiger partial charge in [0.2, 0.25) is 12.2 Å². The first kappa shape index (κ1) is 26.7. The van der Waals surface area contributed by atoms with Crippen LogP contribution in [0.3, 0.4) is 0 Å². The lowest BCUT2D eigenvalue weighted by Gasteiger charge is -2.46. The summed E-state index contributed by atoms with van der Waals surface area (Å²) in [6, 6.07) is 6.89. The van der Waals surface area contributed by atoms with E-state index in [1.54, 1.807) is 0 Å². The van der Waals surface area contributed by atoms with Gasteiger partial charge in [0.15, 0.2) is 11.9 Å². The number of alkyl halides is 3. The van der Waals surface area contributed by atoms with Gasteiger partial charge in [0.1, 0.15) is 11.9 Å². The number of aliphatic hydroxyl groups is 1. The molecular weight excluding hydrogens is 487 g/mol. The molecule has 0 aliphatic carbocycles. The van der Waals surface area contributed by atoms with Gasteiger partial charge >= 0.3 is 6.18 Å². The highest BCUT2D eigenvalue weighted by molar-refractivity contribution is 5.95. The molecule has 1 heterocycles. The number of hydrogen-bond donors (Lipinski definition) is 3. The van der Waals surface area contributed by atoms with Gasteiger partial charge in [-0.05, 0) is 25.1 Å². The number of hydrogen-bond acceptors (Lipinski definition) is 8. The van der Waals surface area contributed by atoms with Gasteiger partial charge < -0.3 is 30.0 Å². The van der Waals surface area contributed by atoms with Gasteiger partial charge in [0.05, 0.1) is 22.2 Å². The number of nitrogens with one attached hydrogen (secondary N) is 2. The molecule has 11 nitrogen and oxygen atoms in total. The van der Waals surface area contributed by atoms with Crippen LogP contribution in [0.5, 0.6) is 5.75 Å². The summed E-state index contributed by atoms with van der Waals surface area (Å²) in [4.78, 5) is 14.2. The average Bonchev–Trinajstić information content (AvgIpc) is 2.82. The number of aliphatic hydroxyl groups excluding tert-OH is 1. The van der Waals surface area contributed by atoms with E-state index in [2.05, 4.69) is 15.6 Å². The lowest BCUT2D eigenvalue weighted by atomic mass is 9.84. The Morgan fingerprint density at radius 3 is 2.56 bits per heavy atom. The first-order chi connectivity index (χ1) is 17.0. The van der Waals surface area contributed by atoms with Crippen molar-refractivity contribution in [3.05, 3.63) is 63.7 Å². The molecule has 0 amide bonds. The standard InChI is InChI=1S/C22H22F3N5O6/c1-21(19(34-2)35-3)18(31)17(13-10-12(30(32)33)8-9-16(13)36-21)29-20(27-11-26)28-15-7-5-4-6-14(15)22(23,24)25/h4-10,17-19,31H,1-3H3,(H2,27,28,29)/t17-,18+,21+/m1/s1. The summed E-state index contributed by atoms with van der Waals surface area (Å²) in [5.41, 5.74) is -3.27. The van der Waals surface area contributed by atoms with Crippen molar-refractivity contribution in [1.82, 2.24) is 5.32 Å². The number of para-hydroxylation sites is 1. The van der Waals surface area contributed by atoms with Gasteiger partial charge in [0, 0.05) is 31.9 Å². The van der Waals surface area contributed by atoms with Gasteiger partial charge in [-0.3, -0.25) is 10.1 Å². The van der Waals surface area contributed by atoms with Gasteiger partial charge in [-0.1, -0.05) is 12.1 Å². The third-order valence-corrected chi connectivity index (χ3v) is 5.61. The summed E-state index contributed by atoms with van der Waals surface area (Å²) >= 11 is 0. The second kappa shape index (κ2) is 10.4. The molecule has 14 heteroatoms. The minimum absolute atomic E-state index is 0.0941. The molecule has 3 atom stereocenters. The highest BCUT2D eigenvalue weighted by atomic mass is 19.4. The Labute approximate surface area is 203 Å². The van der Waals surface area contributed by atoms with E-state index < -0.39 is 52.3 Å². The summed E-state index contributed by atoms with van der Waals surface area (Å²) in [7, 11) is 2.61. The molecule has 192 valence electrons. The number of halogens is 3. The molecule has 0 fully saturated rings. The van der Waals surface area contributed by atoms with E-state index >= 15 is 0 Å². The molecule has 3 rings (SSSR count). The number of nitrogens with zero attached hydrogens (tertiary/aromatic N) is 3. The normalized spacial score (nSPS) is 21.8. The lowest BCUT2D eigenvalue weighted by Crippen LogP contribution is -2.62. The van der Waals surface area contributed by atoms with E-state index in [0.717, 1.165) is 18.2 Å². The predicted octanol–water partition coefficient (Wildman–Crippen LogP) is 3.32. The summed E-state index contributed by atoms with van der Waals surface area (Å²) < 4.78 is 56.9. The van der Waals surface area contributed by atoms with E-state index in [0.29, 0.717) is 0 Å². The third kappa shape index (κ3) is 5.18. The maximum atomic E-state index is 13.5.